The molecule has 0 bridgehead atoms. The fraction of sp³-hybridized carbons (Fsp3) is 0.258. The molecule has 0 atom stereocenters. The molecule has 3 aromatic carbocycles. The minimum Gasteiger partial charge on any atom is -0.324 e. The summed E-state index contributed by atoms with van der Waals surface area (Å²) in [6.07, 6.45) is 1.73. The van der Waals surface area contributed by atoms with E-state index in [4.69, 9.17) is 0 Å². The van der Waals surface area contributed by atoms with Gasteiger partial charge in [-0.1, -0.05) is 32.9 Å². The Morgan fingerprint density at radius 1 is 0.702 bits per heavy atom. The standard InChI is InChI=1S/C31H32N6O8S2/c1-4-31(3,5-2)18-37-27(38)24-15-10-21(17-25(24)28(37)39)33-30-35-26(16-19-6-11-22(12-7-19)46(40,41)42)34-29(36-30)32-20-8-13-23(14-9-20)47(43,44)45/h6-15,17H,4-5,16,18H2,1-3H3,(H,40,41,42)(H,43,44,45)(H2,32,33,34,35,36). The molecule has 1 aliphatic rings. The van der Waals surface area contributed by atoms with Crippen LogP contribution in [0.2, 0.25) is 0 Å². The van der Waals surface area contributed by atoms with Gasteiger partial charge in [0.15, 0.2) is 0 Å². The average molecular weight is 681 g/mol. The number of imide groups is 1. The molecule has 0 saturated heterocycles. The van der Waals surface area contributed by atoms with E-state index in [1.54, 1.807) is 18.2 Å². The van der Waals surface area contributed by atoms with E-state index in [9.17, 15) is 35.5 Å². The van der Waals surface area contributed by atoms with Gasteiger partial charge in [0.2, 0.25) is 11.9 Å². The third-order valence-electron chi connectivity index (χ3n) is 8.15. The topological polar surface area (TPSA) is 209 Å². The molecule has 4 N–H and O–H groups in total. The highest BCUT2D eigenvalue weighted by atomic mass is 32.2. The van der Waals surface area contributed by atoms with Gasteiger partial charge in [-0.3, -0.25) is 23.6 Å². The van der Waals surface area contributed by atoms with Gasteiger partial charge in [-0.2, -0.15) is 31.8 Å². The summed E-state index contributed by atoms with van der Waals surface area (Å²) in [5.41, 5.74) is 1.78. The molecule has 0 radical (unpaired) electrons. The van der Waals surface area contributed by atoms with Gasteiger partial charge in [0.25, 0.3) is 32.1 Å². The first kappa shape index (κ1) is 33.6. The van der Waals surface area contributed by atoms with Crippen LogP contribution in [0.4, 0.5) is 23.3 Å². The minimum atomic E-state index is -4.40. The zero-order chi connectivity index (χ0) is 34.1. The summed E-state index contributed by atoms with van der Waals surface area (Å²) in [6.45, 7) is 6.40. The summed E-state index contributed by atoms with van der Waals surface area (Å²) in [5.74, 6) is -0.361. The van der Waals surface area contributed by atoms with Crippen molar-refractivity contribution >= 4 is 55.3 Å². The van der Waals surface area contributed by atoms with E-state index in [1.165, 1.54) is 53.4 Å². The summed E-state index contributed by atoms with van der Waals surface area (Å²) in [7, 11) is -8.77. The first-order valence-electron chi connectivity index (χ1n) is 14.5. The Balaban J connectivity index is 1.45. The highest BCUT2D eigenvalue weighted by Gasteiger charge is 2.39. The molecule has 47 heavy (non-hydrogen) atoms. The Morgan fingerprint density at radius 2 is 1.19 bits per heavy atom. The molecule has 0 spiro atoms. The predicted molar refractivity (Wildman–Crippen MR) is 172 cm³/mol. The molecule has 2 amide bonds. The number of rotatable bonds is 12. The number of carbonyl (C=O) groups excluding carboxylic acids is 2. The number of hydrogen-bond donors (Lipinski definition) is 4. The molecular weight excluding hydrogens is 649 g/mol. The van der Waals surface area contributed by atoms with Crippen LogP contribution in [0, 0.1) is 5.41 Å². The lowest BCUT2D eigenvalue weighted by molar-refractivity contribution is 0.0571. The van der Waals surface area contributed by atoms with Crippen molar-refractivity contribution in [2.75, 3.05) is 17.2 Å². The molecule has 0 unspecified atom stereocenters. The fourth-order valence-electron chi connectivity index (χ4n) is 4.91. The number of anilines is 4. The molecule has 5 rings (SSSR count). The number of hydrogen-bond acceptors (Lipinski definition) is 11. The van der Waals surface area contributed by atoms with Crippen molar-refractivity contribution in [1.29, 1.82) is 0 Å². The molecule has 0 saturated carbocycles. The van der Waals surface area contributed by atoms with E-state index in [0.717, 1.165) is 12.8 Å². The largest absolute Gasteiger partial charge is 0.324 e. The van der Waals surface area contributed by atoms with Crippen molar-refractivity contribution in [1.82, 2.24) is 19.9 Å². The number of benzene rings is 3. The number of aromatic nitrogens is 3. The molecule has 4 aromatic rings. The smallest absolute Gasteiger partial charge is 0.294 e. The van der Waals surface area contributed by atoms with Crippen molar-refractivity contribution in [2.45, 2.75) is 49.8 Å². The Morgan fingerprint density at radius 3 is 1.72 bits per heavy atom. The van der Waals surface area contributed by atoms with Gasteiger partial charge in [0, 0.05) is 24.3 Å². The first-order chi connectivity index (χ1) is 22.1. The van der Waals surface area contributed by atoms with Crippen LogP contribution in [0.1, 0.15) is 65.7 Å². The molecular formula is C31H32N6O8S2. The number of amides is 2. The molecule has 14 nitrogen and oxygen atoms in total. The third-order valence-corrected chi connectivity index (χ3v) is 9.88. The van der Waals surface area contributed by atoms with Crippen LogP contribution in [0.3, 0.4) is 0 Å². The predicted octanol–water partition coefficient (Wildman–Crippen LogP) is 4.87. The van der Waals surface area contributed by atoms with Gasteiger partial charge in [0.05, 0.1) is 20.9 Å². The highest BCUT2D eigenvalue weighted by molar-refractivity contribution is 7.86. The Hall–Kier alpha value is -4.77. The summed E-state index contributed by atoms with van der Waals surface area (Å²) < 4.78 is 64.3. The maximum absolute atomic E-state index is 13.3. The quantitative estimate of drug-likeness (QED) is 0.116. The zero-order valence-electron chi connectivity index (χ0n) is 25.6. The van der Waals surface area contributed by atoms with Gasteiger partial charge in [-0.05, 0) is 78.4 Å². The zero-order valence-corrected chi connectivity index (χ0v) is 27.3. The Labute approximate surface area is 271 Å². The summed E-state index contributed by atoms with van der Waals surface area (Å²) in [6, 6.07) is 15.5. The van der Waals surface area contributed by atoms with E-state index in [2.05, 4.69) is 25.6 Å². The van der Waals surface area contributed by atoms with Gasteiger partial charge in [-0.15, -0.1) is 0 Å². The van der Waals surface area contributed by atoms with Crippen molar-refractivity contribution in [3.63, 3.8) is 0 Å². The normalized spacial score (nSPS) is 13.5. The highest BCUT2D eigenvalue weighted by Crippen LogP contribution is 2.33. The second-order valence-corrected chi connectivity index (χ2v) is 14.3. The van der Waals surface area contributed by atoms with E-state index in [-0.39, 0.29) is 56.7 Å². The fourth-order valence-corrected chi connectivity index (χ4v) is 5.87. The van der Waals surface area contributed by atoms with E-state index >= 15 is 0 Å². The molecule has 0 aliphatic carbocycles. The summed E-state index contributed by atoms with van der Waals surface area (Å²) in [4.78, 5) is 40.5. The van der Waals surface area contributed by atoms with Crippen molar-refractivity contribution < 1.29 is 35.5 Å². The van der Waals surface area contributed by atoms with Crippen molar-refractivity contribution in [2.24, 2.45) is 5.41 Å². The second-order valence-electron chi connectivity index (χ2n) is 11.4. The monoisotopic (exact) mass is 680 g/mol. The minimum absolute atomic E-state index is 0.0590. The maximum atomic E-state index is 13.3. The van der Waals surface area contributed by atoms with Gasteiger partial charge in [0.1, 0.15) is 5.82 Å². The Bertz CT molecular complexity index is 1970. The van der Waals surface area contributed by atoms with E-state index in [1.807, 2.05) is 20.8 Å². The Kier molecular flexibility index (Phi) is 9.14. The van der Waals surface area contributed by atoms with Crippen LogP contribution in [0.15, 0.2) is 76.5 Å². The molecule has 16 heteroatoms. The van der Waals surface area contributed by atoms with E-state index in [0.29, 0.717) is 29.0 Å². The van der Waals surface area contributed by atoms with Gasteiger partial charge in [-0.25, -0.2) is 0 Å². The molecule has 0 fully saturated rings. The van der Waals surface area contributed by atoms with Crippen LogP contribution in [-0.4, -0.2) is 64.2 Å². The number of nitrogens with zero attached hydrogens (tertiary/aromatic N) is 4. The number of nitrogens with one attached hydrogen (secondary N) is 2. The number of carbonyl (C=O) groups is 2. The second kappa shape index (κ2) is 12.8. The molecule has 1 aromatic heterocycles. The maximum Gasteiger partial charge on any atom is 0.294 e. The third kappa shape index (κ3) is 7.62. The molecule has 2 heterocycles. The lowest BCUT2D eigenvalue weighted by atomic mass is 9.84. The van der Waals surface area contributed by atoms with Crippen LogP contribution in [0.25, 0.3) is 0 Å². The summed E-state index contributed by atoms with van der Waals surface area (Å²) in [5, 5.41) is 6.02. The number of fused-ring (bicyclic) bond motifs is 1. The van der Waals surface area contributed by atoms with Crippen molar-refractivity contribution in [3.05, 3.63) is 89.2 Å². The van der Waals surface area contributed by atoms with Crippen LogP contribution in [0.5, 0.6) is 0 Å². The lowest BCUT2D eigenvalue weighted by Crippen LogP contribution is -2.39. The van der Waals surface area contributed by atoms with Crippen LogP contribution >= 0.6 is 0 Å². The van der Waals surface area contributed by atoms with Crippen LogP contribution in [-0.2, 0) is 26.7 Å². The first-order valence-corrected chi connectivity index (χ1v) is 17.4. The van der Waals surface area contributed by atoms with Gasteiger partial charge < -0.3 is 10.6 Å². The van der Waals surface area contributed by atoms with E-state index < -0.39 is 20.2 Å². The molecule has 1 aliphatic heterocycles. The van der Waals surface area contributed by atoms with Crippen molar-refractivity contribution in [3.8, 4) is 0 Å². The van der Waals surface area contributed by atoms with Gasteiger partial charge >= 0.3 is 0 Å². The summed E-state index contributed by atoms with van der Waals surface area (Å²) >= 11 is 0. The lowest BCUT2D eigenvalue weighted by Gasteiger charge is -2.30. The SMILES string of the molecule is CCC(C)(CC)CN1C(=O)c2ccc(Nc3nc(Cc4ccc(S(=O)(=O)O)cc4)nc(Nc4ccc(S(=O)(=O)O)cc4)n3)cc2C1=O. The molecule has 246 valence electrons. The average Bonchev–Trinajstić information content (AvgIpc) is 3.24. The van der Waals surface area contributed by atoms with Crippen LogP contribution < -0.4 is 10.6 Å².